The van der Waals surface area contributed by atoms with E-state index in [9.17, 15) is 14.4 Å². The van der Waals surface area contributed by atoms with Gasteiger partial charge in [0.1, 0.15) is 0 Å². The molecule has 0 aliphatic heterocycles. The van der Waals surface area contributed by atoms with Gasteiger partial charge in [0.25, 0.3) is 0 Å². The summed E-state index contributed by atoms with van der Waals surface area (Å²) in [6.07, 6.45) is 0. The highest BCUT2D eigenvalue weighted by Gasteiger charge is 2.20. The van der Waals surface area contributed by atoms with E-state index in [2.05, 4.69) is 0 Å². The zero-order valence-corrected chi connectivity index (χ0v) is 7.90. The monoisotopic (exact) mass is 202 g/mol. The lowest BCUT2D eigenvalue weighted by atomic mass is 10.3. The van der Waals surface area contributed by atoms with Crippen molar-refractivity contribution in [2.24, 2.45) is 17.2 Å². The fourth-order valence-electron chi connectivity index (χ4n) is 0.876. The molecule has 80 valence electrons. The molecule has 7 nitrogen and oxygen atoms in total. The van der Waals surface area contributed by atoms with Crippen molar-refractivity contribution in [3.63, 3.8) is 0 Å². The van der Waals surface area contributed by atoms with Crippen molar-refractivity contribution in [3.8, 4) is 0 Å². The topological polar surface area (TPSA) is 133 Å². The summed E-state index contributed by atoms with van der Waals surface area (Å²) in [5.41, 5.74) is 15.1. The fraction of sp³-hybridized carbons (Fsp3) is 0.571. The molecule has 7 heteroatoms. The van der Waals surface area contributed by atoms with Gasteiger partial charge in [-0.1, -0.05) is 0 Å². The first kappa shape index (κ1) is 12.4. The fourth-order valence-corrected chi connectivity index (χ4v) is 0.876. The van der Waals surface area contributed by atoms with Gasteiger partial charge in [0.05, 0.1) is 19.1 Å². The molecule has 0 saturated heterocycles. The van der Waals surface area contributed by atoms with E-state index in [4.69, 9.17) is 17.2 Å². The SMILES string of the molecule is C[C@H](N)C(=O)N(CC(N)=O)CC(N)=O. The number of hydrogen-bond donors (Lipinski definition) is 3. The molecular weight excluding hydrogens is 188 g/mol. The Labute approximate surface area is 81.2 Å². The molecule has 0 heterocycles. The number of carbonyl (C=O) groups excluding carboxylic acids is 3. The lowest BCUT2D eigenvalue weighted by Crippen LogP contribution is -2.48. The smallest absolute Gasteiger partial charge is 0.240 e. The molecule has 1 atom stereocenters. The zero-order chi connectivity index (χ0) is 11.3. The van der Waals surface area contributed by atoms with Gasteiger partial charge in [-0.05, 0) is 6.92 Å². The van der Waals surface area contributed by atoms with Crippen LogP contribution in [0.25, 0.3) is 0 Å². The van der Waals surface area contributed by atoms with E-state index < -0.39 is 23.8 Å². The second-order valence-corrected chi connectivity index (χ2v) is 2.92. The molecule has 0 saturated carbocycles. The van der Waals surface area contributed by atoms with Crippen LogP contribution in [0.15, 0.2) is 0 Å². The molecule has 6 N–H and O–H groups in total. The van der Waals surface area contributed by atoms with Gasteiger partial charge in [-0.25, -0.2) is 0 Å². The Bertz CT molecular complexity index is 235. The Kier molecular flexibility index (Phi) is 4.57. The van der Waals surface area contributed by atoms with Crippen LogP contribution in [-0.4, -0.2) is 41.8 Å². The number of carbonyl (C=O) groups is 3. The molecule has 0 radical (unpaired) electrons. The first-order valence-electron chi connectivity index (χ1n) is 3.95. The Morgan fingerprint density at radius 1 is 1.14 bits per heavy atom. The Hall–Kier alpha value is -1.63. The highest BCUT2D eigenvalue weighted by molar-refractivity contribution is 5.90. The second kappa shape index (κ2) is 5.18. The van der Waals surface area contributed by atoms with Gasteiger partial charge in [0.2, 0.25) is 17.7 Å². The summed E-state index contributed by atoms with van der Waals surface area (Å²) in [6.45, 7) is 0.726. The van der Waals surface area contributed by atoms with E-state index in [0.717, 1.165) is 4.90 Å². The van der Waals surface area contributed by atoms with Crippen molar-refractivity contribution in [2.75, 3.05) is 13.1 Å². The maximum atomic E-state index is 11.3. The average Bonchev–Trinajstić information content (AvgIpc) is 1.99. The zero-order valence-electron chi connectivity index (χ0n) is 7.90. The van der Waals surface area contributed by atoms with E-state index in [1.165, 1.54) is 6.92 Å². The predicted molar refractivity (Wildman–Crippen MR) is 48.6 cm³/mol. The van der Waals surface area contributed by atoms with Crippen LogP contribution >= 0.6 is 0 Å². The number of hydrogen-bond acceptors (Lipinski definition) is 4. The summed E-state index contributed by atoms with van der Waals surface area (Å²) in [5, 5.41) is 0. The molecule has 3 amide bonds. The Balaban J connectivity index is 4.46. The van der Waals surface area contributed by atoms with Crippen LogP contribution in [0.4, 0.5) is 0 Å². The van der Waals surface area contributed by atoms with Gasteiger partial charge in [-0.2, -0.15) is 0 Å². The highest BCUT2D eigenvalue weighted by Crippen LogP contribution is 1.92. The number of primary amides is 2. The van der Waals surface area contributed by atoms with Crippen LogP contribution in [0.2, 0.25) is 0 Å². The lowest BCUT2D eigenvalue weighted by molar-refractivity contribution is -0.138. The summed E-state index contributed by atoms with van der Waals surface area (Å²) in [6, 6.07) is -0.798. The predicted octanol–water partition coefficient (Wildman–Crippen LogP) is -2.87. The molecule has 0 aromatic rings. The number of nitrogens with zero attached hydrogens (tertiary/aromatic N) is 1. The standard InChI is InChI=1S/C7H14N4O3/c1-4(8)7(14)11(2-5(9)12)3-6(10)13/h4H,2-3,8H2,1H3,(H2,9,12)(H2,10,13)/t4-/m0/s1. The maximum absolute atomic E-state index is 11.3. The summed E-state index contributed by atoms with van der Waals surface area (Å²) < 4.78 is 0. The summed E-state index contributed by atoms with van der Waals surface area (Å²) >= 11 is 0. The van der Waals surface area contributed by atoms with Crippen LogP contribution in [0.5, 0.6) is 0 Å². The Morgan fingerprint density at radius 2 is 1.50 bits per heavy atom. The van der Waals surface area contributed by atoms with E-state index in [-0.39, 0.29) is 13.1 Å². The number of rotatable bonds is 5. The van der Waals surface area contributed by atoms with Crippen LogP contribution in [0, 0.1) is 0 Å². The van der Waals surface area contributed by atoms with Crippen LogP contribution in [0.3, 0.4) is 0 Å². The first-order chi connectivity index (χ1) is 6.34. The van der Waals surface area contributed by atoms with Crippen molar-refractivity contribution < 1.29 is 14.4 Å². The van der Waals surface area contributed by atoms with Crippen molar-refractivity contribution in [1.29, 1.82) is 0 Å². The van der Waals surface area contributed by atoms with Gasteiger partial charge in [0.15, 0.2) is 0 Å². The van der Waals surface area contributed by atoms with Gasteiger partial charge >= 0.3 is 0 Å². The van der Waals surface area contributed by atoms with Crippen molar-refractivity contribution in [2.45, 2.75) is 13.0 Å². The lowest BCUT2D eigenvalue weighted by Gasteiger charge is -2.21. The van der Waals surface area contributed by atoms with Crippen molar-refractivity contribution in [3.05, 3.63) is 0 Å². The molecule has 14 heavy (non-hydrogen) atoms. The minimum Gasteiger partial charge on any atom is -0.368 e. The summed E-state index contributed by atoms with van der Waals surface area (Å²) in [5.74, 6) is -1.98. The van der Waals surface area contributed by atoms with Gasteiger partial charge in [-0.15, -0.1) is 0 Å². The second-order valence-electron chi connectivity index (χ2n) is 2.92. The van der Waals surface area contributed by atoms with Crippen LogP contribution < -0.4 is 17.2 Å². The molecule has 0 rings (SSSR count). The third-order valence-electron chi connectivity index (χ3n) is 1.39. The van der Waals surface area contributed by atoms with Crippen LogP contribution in [-0.2, 0) is 14.4 Å². The summed E-state index contributed by atoms with van der Waals surface area (Å²) in [7, 11) is 0. The third-order valence-corrected chi connectivity index (χ3v) is 1.39. The molecule has 0 aliphatic rings. The first-order valence-corrected chi connectivity index (χ1v) is 3.95. The molecule has 0 unspecified atom stereocenters. The minimum atomic E-state index is -0.798. The molecule has 0 bridgehead atoms. The van der Waals surface area contributed by atoms with E-state index in [1.807, 2.05) is 0 Å². The normalized spacial score (nSPS) is 11.9. The van der Waals surface area contributed by atoms with Gasteiger partial charge in [0, 0.05) is 0 Å². The maximum Gasteiger partial charge on any atom is 0.240 e. The van der Waals surface area contributed by atoms with Gasteiger partial charge < -0.3 is 22.1 Å². The highest BCUT2D eigenvalue weighted by atomic mass is 16.2. The van der Waals surface area contributed by atoms with E-state index >= 15 is 0 Å². The van der Waals surface area contributed by atoms with Crippen molar-refractivity contribution >= 4 is 17.7 Å². The molecule has 0 spiro atoms. The largest absolute Gasteiger partial charge is 0.368 e. The van der Waals surface area contributed by atoms with Gasteiger partial charge in [-0.3, -0.25) is 14.4 Å². The third kappa shape index (κ3) is 4.41. The average molecular weight is 202 g/mol. The quantitative estimate of drug-likeness (QED) is 0.442. The van der Waals surface area contributed by atoms with E-state index in [0.29, 0.717) is 0 Å². The van der Waals surface area contributed by atoms with E-state index in [1.54, 1.807) is 0 Å². The molecule has 0 fully saturated rings. The minimum absolute atomic E-state index is 0.358. The number of nitrogens with two attached hydrogens (primary N) is 3. The number of amides is 3. The van der Waals surface area contributed by atoms with Crippen molar-refractivity contribution in [1.82, 2.24) is 4.90 Å². The Morgan fingerprint density at radius 3 is 1.71 bits per heavy atom. The summed E-state index contributed by atoms with van der Waals surface area (Å²) in [4.78, 5) is 33.3. The molecule has 0 aromatic heterocycles. The molecule has 0 aromatic carbocycles. The molecule has 0 aliphatic carbocycles. The van der Waals surface area contributed by atoms with Crippen LogP contribution in [0.1, 0.15) is 6.92 Å². The molecular formula is C7H14N4O3.